The molecule has 0 bridgehead atoms. The van der Waals surface area contributed by atoms with Crippen molar-refractivity contribution in [1.82, 2.24) is 9.97 Å². The van der Waals surface area contributed by atoms with E-state index in [9.17, 15) is 0 Å². The number of nitrogens with zero attached hydrogens (tertiary/aromatic N) is 2. The number of anilines is 2. The third-order valence-corrected chi connectivity index (χ3v) is 4.10. The number of hydrogen-bond donors (Lipinski definition) is 2. The van der Waals surface area contributed by atoms with Crippen molar-refractivity contribution in [3.63, 3.8) is 0 Å². The van der Waals surface area contributed by atoms with Crippen LogP contribution in [0.1, 0.15) is 36.3 Å². The molecular formula is C15H22N4S. The van der Waals surface area contributed by atoms with Crippen molar-refractivity contribution in [3.05, 3.63) is 33.6 Å². The van der Waals surface area contributed by atoms with E-state index < -0.39 is 0 Å². The number of thiophene rings is 1. The number of aromatic nitrogens is 2. The largest absolute Gasteiger partial charge is 0.365 e. The quantitative estimate of drug-likeness (QED) is 0.813. The molecule has 0 amide bonds. The van der Waals surface area contributed by atoms with Crippen molar-refractivity contribution in [2.45, 2.75) is 40.2 Å². The van der Waals surface area contributed by atoms with Crippen molar-refractivity contribution in [3.8, 4) is 0 Å². The minimum atomic E-state index is 0.696. The van der Waals surface area contributed by atoms with E-state index in [2.05, 4.69) is 45.9 Å². The maximum absolute atomic E-state index is 4.54. The van der Waals surface area contributed by atoms with Gasteiger partial charge in [0.05, 0.1) is 6.54 Å². The Hall–Kier alpha value is -1.62. The molecule has 0 aliphatic carbocycles. The maximum atomic E-state index is 4.54. The van der Waals surface area contributed by atoms with Gasteiger partial charge in [0.15, 0.2) is 0 Å². The Morgan fingerprint density at radius 1 is 1.25 bits per heavy atom. The zero-order chi connectivity index (χ0) is 14.4. The molecule has 2 aromatic heterocycles. The highest BCUT2D eigenvalue weighted by Crippen LogP contribution is 2.20. The zero-order valence-electron chi connectivity index (χ0n) is 12.4. The second kappa shape index (κ2) is 7.24. The van der Waals surface area contributed by atoms with Gasteiger partial charge in [0.1, 0.15) is 5.82 Å². The van der Waals surface area contributed by atoms with Crippen molar-refractivity contribution < 1.29 is 0 Å². The first-order valence-corrected chi connectivity index (χ1v) is 7.99. The lowest BCUT2D eigenvalue weighted by Gasteiger charge is -2.10. The molecule has 0 atom stereocenters. The SMILES string of the molecule is CCCNc1ncc(C)c(NCc2sccc2CC)n1. The van der Waals surface area contributed by atoms with Crippen LogP contribution in [0.4, 0.5) is 11.8 Å². The van der Waals surface area contributed by atoms with Crippen molar-refractivity contribution in [2.24, 2.45) is 0 Å². The number of rotatable bonds is 7. The Labute approximate surface area is 124 Å². The Kier molecular flexibility index (Phi) is 5.35. The lowest BCUT2D eigenvalue weighted by Crippen LogP contribution is -2.09. The van der Waals surface area contributed by atoms with Gasteiger partial charge in [-0.1, -0.05) is 13.8 Å². The van der Waals surface area contributed by atoms with Crippen molar-refractivity contribution in [1.29, 1.82) is 0 Å². The topological polar surface area (TPSA) is 49.8 Å². The number of aryl methyl sites for hydroxylation is 2. The minimum Gasteiger partial charge on any atom is -0.365 e. The van der Waals surface area contributed by atoms with Gasteiger partial charge in [0.25, 0.3) is 0 Å². The Bertz CT molecular complexity index is 551. The monoisotopic (exact) mass is 290 g/mol. The first-order chi connectivity index (χ1) is 9.74. The molecule has 0 fully saturated rings. The van der Waals surface area contributed by atoms with Crippen LogP contribution < -0.4 is 10.6 Å². The van der Waals surface area contributed by atoms with Gasteiger partial charge >= 0.3 is 0 Å². The van der Waals surface area contributed by atoms with Crippen LogP contribution >= 0.6 is 11.3 Å². The molecule has 5 heteroatoms. The lowest BCUT2D eigenvalue weighted by molar-refractivity contribution is 0.947. The van der Waals surface area contributed by atoms with Crippen LogP contribution in [-0.2, 0) is 13.0 Å². The van der Waals surface area contributed by atoms with Gasteiger partial charge < -0.3 is 10.6 Å². The standard InChI is InChI=1S/C15H22N4S/c1-4-7-16-15-18-9-11(3)14(19-15)17-10-13-12(5-2)6-8-20-13/h6,8-9H,4-5,7,10H2,1-3H3,(H2,16,17,18,19). The number of nitrogens with one attached hydrogen (secondary N) is 2. The highest BCUT2D eigenvalue weighted by atomic mass is 32.1. The second-order valence-electron chi connectivity index (χ2n) is 4.73. The molecule has 2 heterocycles. The molecule has 0 radical (unpaired) electrons. The van der Waals surface area contributed by atoms with Crippen LogP contribution in [0.15, 0.2) is 17.6 Å². The summed E-state index contributed by atoms with van der Waals surface area (Å²) in [6.45, 7) is 8.07. The molecule has 0 aliphatic heterocycles. The molecule has 0 aliphatic rings. The predicted molar refractivity (Wildman–Crippen MR) is 86.6 cm³/mol. The predicted octanol–water partition coefficient (Wildman–Crippen LogP) is 3.84. The fraction of sp³-hybridized carbons (Fsp3) is 0.467. The summed E-state index contributed by atoms with van der Waals surface area (Å²) < 4.78 is 0. The highest BCUT2D eigenvalue weighted by Gasteiger charge is 2.06. The molecule has 2 N–H and O–H groups in total. The second-order valence-corrected chi connectivity index (χ2v) is 5.73. The van der Waals surface area contributed by atoms with Gasteiger partial charge in [-0.05, 0) is 36.8 Å². The van der Waals surface area contributed by atoms with Crippen LogP contribution in [0, 0.1) is 6.92 Å². The summed E-state index contributed by atoms with van der Waals surface area (Å²) in [6, 6.07) is 2.20. The summed E-state index contributed by atoms with van der Waals surface area (Å²) in [6.07, 6.45) is 4.00. The molecule has 2 rings (SSSR count). The van der Waals surface area contributed by atoms with Crippen LogP contribution in [0.3, 0.4) is 0 Å². The summed E-state index contributed by atoms with van der Waals surface area (Å²) in [4.78, 5) is 10.2. The smallest absolute Gasteiger partial charge is 0.224 e. The third kappa shape index (κ3) is 3.70. The Morgan fingerprint density at radius 3 is 2.85 bits per heavy atom. The summed E-state index contributed by atoms with van der Waals surface area (Å²) in [5.41, 5.74) is 2.49. The van der Waals surface area contributed by atoms with Gasteiger partial charge in [-0.15, -0.1) is 11.3 Å². The molecular weight excluding hydrogens is 268 g/mol. The fourth-order valence-electron chi connectivity index (χ4n) is 1.94. The Morgan fingerprint density at radius 2 is 2.10 bits per heavy atom. The third-order valence-electron chi connectivity index (χ3n) is 3.14. The summed E-state index contributed by atoms with van der Waals surface area (Å²) in [5.74, 6) is 1.61. The first kappa shape index (κ1) is 14.8. The van der Waals surface area contributed by atoms with Gasteiger partial charge in [-0.2, -0.15) is 4.98 Å². The molecule has 0 unspecified atom stereocenters. The average Bonchev–Trinajstić information content (AvgIpc) is 2.92. The van der Waals surface area contributed by atoms with Gasteiger partial charge in [-0.25, -0.2) is 4.98 Å². The van der Waals surface area contributed by atoms with Gasteiger partial charge in [0.2, 0.25) is 5.95 Å². The summed E-state index contributed by atoms with van der Waals surface area (Å²) in [7, 11) is 0. The van der Waals surface area contributed by atoms with Crippen molar-refractivity contribution in [2.75, 3.05) is 17.2 Å². The molecule has 108 valence electrons. The zero-order valence-corrected chi connectivity index (χ0v) is 13.2. The summed E-state index contributed by atoms with van der Waals surface area (Å²) in [5, 5.41) is 8.79. The van der Waals surface area contributed by atoms with E-state index in [1.54, 1.807) is 11.3 Å². The maximum Gasteiger partial charge on any atom is 0.224 e. The molecule has 2 aromatic rings. The van der Waals surface area contributed by atoms with E-state index in [0.29, 0.717) is 5.95 Å². The lowest BCUT2D eigenvalue weighted by atomic mass is 10.2. The molecule has 0 spiro atoms. The van der Waals surface area contributed by atoms with Gasteiger partial charge in [-0.3, -0.25) is 0 Å². The van der Waals surface area contributed by atoms with E-state index >= 15 is 0 Å². The molecule has 0 saturated heterocycles. The first-order valence-electron chi connectivity index (χ1n) is 7.11. The Balaban J connectivity index is 2.04. The van der Waals surface area contributed by atoms with Crippen LogP contribution in [0.2, 0.25) is 0 Å². The summed E-state index contributed by atoms with van der Waals surface area (Å²) >= 11 is 1.80. The molecule has 4 nitrogen and oxygen atoms in total. The molecule has 0 saturated carbocycles. The van der Waals surface area contributed by atoms with Crippen LogP contribution in [0.5, 0.6) is 0 Å². The molecule has 0 aromatic carbocycles. The van der Waals surface area contributed by atoms with E-state index in [1.165, 1.54) is 10.4 Å². The highest BCUT2D eigenvalue weighted by molar-refractivity contribution is 7.10. The van der Waals surface area contributed by atoms with E-state index in [4.69, 9.17) is 0 Å². The van der Waals surface area contributed by atoms with E-state index in [-0.39, 0.29) is 0 Å². The normalized spacial score (nSPS) is 10.6. The number of hydrogen-bond acceptors (Lipinski definition) is 5. The molecule has 20 heavy (non-hydrogen) atoms. The minimum absolute atomic E-state index is 0.696. The van der Waals surface area contributed by atoms with Crippen molar-refractivity contribution >= 4 is 23.1 Å². The van der Waals surface area contributed by atoms with Gasteiger partial charge in [0, 0.05) is 23.2 Å². The average molecular weight is 290 g/mol. The van der Waals surface area contributed by atoms with Crippen LogP contribution in [-0.4, -0.2) is 16.5 Å². The van der Waals surface area contributed by atoms with Crippen LogP contribution in [0.25, 0.3) is 0 Å². The fourth-order valence-corrected chi connectivity index (χ4v) is 2.86. The van der Waals surface area contributed by atoms with E-state index in [0.717, 1.165) is 37.3 Å². The van der Waals surface area contributed by atoms with E-state index in [1.807, 2.05) is 13.1 Å².